The van der Waals surface area contributed by atoms with Gasteiger partial charge in [-0.3, -0.25) is 4.40 Å². The molecule has 0 saturated heterocycles. The van der Waals surface area contributed by atoms with Gasteiger partial charge in [-0.05, 0) is 37.6 Å². The number of imidazole rings is 1. The molecule has 0 radical (unpaired) electrons. The number of aryl methyl sites for hydroxylation is 2. The quantitative estimate of drug-likeness (QED) is 0.554. The van der Waals surface area contributed by atoms with Crippen molar-refractivity contribution in [3.8, 4) is 0 Å². The van der Waals surface area contributed by atoms with Crippen LogP contribution in [0.2, 0.25) is 0 Å². The zero-order chi connectivity index (χ0) is 10.4. The van der Waals surface area contributed by atoms with E-state index in [0.29, 0.717) is 0 Å². The van der Waals surface area contributed by atoms with Crippen LogP contribution in [-0.4, -0.2) is 14.4 Å². The maximum Gasteiger partial charge on any atom is 0.164 e. The molecule has 0 aliphatic heterocycles. The van der Waals surface area contributed by atoms with E-state index in [-0.39, 0.29) is 0 Å². The molecule has 3 aromatic rings. The highest BCUT2D eigenvalue weighted by molar-refractivity contribution is 5.79. The first kappa shape index (κ1) is 8.41. The maximum atomic E-state index is 4.56. The van der Waals surface area contributed by atoms with E-state index in [1.54, 1.807) is 0 Å². The first-order chi connectivity index (χ1) is 7.25. The standard InChI is InChI=1S/C12H11N3/c1-8-7-9(2)13-12-11(8)14-10-5-3-4-6-15(10)12/h3-7H,1-2H3. The first-order valence-electron chi connectivity index (χ1n) is 4.97. The van der Waals surface area contributed by atoms with Crippen molar-refractivity contribution in [1.82, 2.24) is 14.4 Å². The molecule has 0 bridgehead atoms. The van der Waals surface area contributed by atoms with Gasteiger partial charge in [0.25, 0.3) is 0 Å². The van der Waals surface area contributed by atoms with Gasteiger partial charge in [-0.25, -0.2) is 9.97 Å². The minimum absolute atomic E-state index is 0.947. The molecule has 0 aliphatic rings. The van der Waals surface area contributed by atoms with Crippen molar-refractivity contribution in [2.24, 2.45) is 0 Å². The summed E-state index contributed by atoms with van der Waals surface area (Å²) in [6.07, 6.45) is 2.00. The third kappa shape index (κ3) is 1.13. The SMILES string of the molecule is Cc1cc(C)c2nc3ccccn3c2n1. The van der Waals surface area contributed by atoms with Crippen molar-refractivity contribution in [1.29, 1.82) is 0 Å². The largest absolute Gasteiger partial charge is 0.284 e. The second-order valence-corrected chi connectivity index (χ2v) is 3.79. The Morgan fingerprint density at radius 2 is 2.00 bits per heavy atom. The lowest BCUT2D eigenvalue weighted by Gasteiger charge is -1.97. The number of rotatable bonds is 0. The zero-order valence-corrected chi connectivity index (χ0v) is 8.73. The minimum atomic E-state index is 0.947. The predicted octanol–water partition coefficient (Wildman–Crippen LogP) is 2.50. The van der Waals surface area contributed by atoms with Crippen LogP contribution in [-0.2, 0) is 0 Å². The summed E-state index contributed by atoms with van der Waals surface area (Å²) in [5.41, 5.74) is 5.11. The Balaban J connectivity index is 2.61. The van der Waals surface area contributed by atoms with Crippen LogP contribution in [0.4, 0.5) is 0 Å². The van der Waals surface area contributed by atoms with Crippen molar-refractivity contribution < 1.29 is 0 Å². The Morgan fingerprint density at radius 3 is 2.87 bits per heavy atom. The zero-order valence-electron chi connectivity index (χ0n) is 8.73. The fraction of sp³-hybridized carbons (Fsp3) is 0.167. The van der Waals surface area contributed by atoms with E-state index in [4.69, 9.17) is 0 Å². The molecule has 3 heteroatoms. The average molecular weight is 197 g/mol. The van der Waals surface area contributed by atoms with Gasteiger partial charge < -0.3 is 0 Å². The Hall–Kier alpha value is -1.90. The van der Waals surface area contributed by atoms with Crippen LogP contribution in [0.5, 0.6) is 0 Å². The lowest BCUT2D eigenvalue weighted by molar-refractivity contribution is 1.15. The number of nitrogens with zero attached hydrogens (tertiary/aromatic N) is 3. The second kappa shape index (κ2) is 2.79. The number of hydrogen-bond acceptors (Lipinski definition) is 2. The molecule has 0 aliphatic carbocycles. The average Bonchev–Trinajstić information content (AvgIpc) is 2.57. The van der Waals surface area contributed by atoms with E-state index in [9.17, 15) is 0 Å². The molecular weight excluding hydrogens is 186 g/mol. The lowest BCUT2D eigenvalue weighted by Crippen LogP contribution is -1.89. The van der Waals surface area contributed by atoms with Crippen LogP contribution in [0.15, 0.2) is 30.5 Å². The van der Waals surface area contributed by atoms with Gasteiger partial charge in [0.1, 0.15) is 11.2 Å². The summed E-state index contributed by atoms with van der Waals surface area (Å²) >= 11 is 0. The molecule has 3 aromatic heterocycles. The van der Waals surface area contributed by atoms with Gasteiger partial charge in [-0.2, -0.15) is 0 Å². The van der Waals surface area contributed by atoms with E-state index in [2.05, 4.69) is 23.0 Å². The molecule has 3 rings (SSSR count). The molecule has 74 valence electrons. The van der Waals surface area contributed by atoms with Crippen LogP contribution in [0.25, 0.3) is 16.8 Å². The van der Waals surface area contributed by atoms with Crippen LogP contribution in [0.1, 0.15) is 11.3 Å². The Kier molecular flexibility index (Phi) is 1.57. The molecule has 3 heterocycles. The molecule has 0 fully saturated rings. The first-order valence-corrected chi connectivity index (χ1v) is 4.97. The lowest BCUT2D eigenvalue weighted by atomic mass is 10.2. The third-order valence-corrected chi connectivity index (χ3v) is 2.59. The van der Waals surface area contributed by atoms with Gasteiger partial charge in [0.2, 0.25) is 0 Å². The number of hydrogen-bond donors (Lipinski definition) is 0. The predicted molar refractivity (Wildman–Crippen MR) is 60.0 cm³/mol. The van der Waals surface area contributed by atoms with Gasteiger partial charge in [-0.1, -0.05) is 6.07 Å². The summed E-state index contributed by atoms with van der Waals surface area (Å²) in [5.74, 6) is 0. The van der Waals surface area contributed by atoms with Crippen LogP contribution < -0.4 is 0 Å². The van der Waals surface area contributed by atoms with Crippen molar-refractivity contribution in [2.45, 2.75) is 13.8 Å². The molecule has 0 N–H and O–H groups in total. The summed E-state index contributed by atoms with van der Waals surface area (Å²) in [6, 6.07) is 8.04. The van der Waals surface area contributed by atoms with Crippen molar-refractivity contribution in [2.75, 3.05) is 0 Å². The highest BCUT2D eigenvalue weighted by Crippen LogP contribution is 2.18. The number of aromatic nitrogens is 3. The number of fused-ring (bicyclic) bond motifs is 3. The Bertz CT molecular complexity index is 652. The van der Waals surface area contributed by atoms with Crippen LogP contribution >= 0.6 is 0 Å². The van der Waals surface area contributed by atoms with E-state index in [0.717, 1.165) is 22.5 Å². The molecule has 0 spiro atoms. The van der Waals surface area contributed by atoms with Gasteiger partial charge in [0.05, 0.1) is 0 Å². The third-order valence-electron chi connectivity index (χ3n) is 2.59. The molecule has 15 heavy (non-hydrogen) atoms. The summed E-state index contributed by atoms with van der Waals surface area (Å²) < 4.78 is 2.02. The minimum Gasteiger partial charge on any atom is -0.284 e. The molecular formula is C12H11N3. The second-order valence-electron chi connectivity index (χ2n) is 3.79. The molecule has 0 atom stereocenters. The highest BCUT2D eigenvalue weighted by atomic mass is 15.1. The van der Waals surface area contributed by atoms with E-state index in [1.807, 2.05) is 35.7 Å². The fourth-order valence-corrected chi connectivity index (χ4v) is 1.94. The van der Waals surface area contributed by atoms with E-state index < -0.39 is 0 Å². The maximum absolute atomic E-state index is 4.56. The van der Waals surface area contributed by atoms with Gasteiger partial charge in [0.15, 0.2) is 5.65 Å². The molecule has 0 amide bonds. The summed E-state index contributed by atoms with van der Waals surface area (Å²) in [5, 5.41) is 0. The monoisotopic (exact) mass is 197 g/mol. The van der Waals surface area contributed by atoms with Crippen molar-refractivity contribution in [3.05, 3.63) is 41.7 Å². The van der Waals surface area contributed by atoms with Crippen LogP contribution in [0, 0.1) is 13.8 Å². The van der Waals surface area contributed by atoms with Gasteiger partial charge in [0, 0.05) is 11.9 Å². The normalized spacial score (nSPS) is 11.3. The van der Waals surface area contributed by atoms with E-state index in [1.165, 1.54) is 5.56 Å². The Labute approximate surface area is 87.4 Å². The highest BCUT2D eigenvalue weighted by Gasteiger charge is 2.07. The summed E-state index contributed by atoms with van der Waals surface area (Å²) in [7, 11) is 0. The summed E-state index contributed by atoms with van der Waals surface area (Å²) in [6.45, 7) is 4.08. The molecule has 0 aromatic carbocycles. The van der Waals surface area contributed by atoms with Crippen molar-refractivity contribution >= 4 is 16.8 Å². The van der Waals surface area contributed by atoms with Gasteiger partial charge in [-0.15, -0.1) is 0 Å². The molecule has 0 unspecified atom stereocenters. The van der Waals surface area contributed by atoms with Crippen LogP contribution in [0.3, 0.4) is 0 Å². The molecule has 3 nitrogen and oxygen atoms in total. The Morgan fingerprint density at radius 1 is 1.13 bits per heavy atom. The fourth-order valence-electron chi connectivity index (χ4n) is 1.94. The smallest absolute Gasteiger partial charge is 0.164 e. The van der Waals surface area contributed by atoms with E-state index >= 15 is 0 Å². The number of pyridine rings is 2. The summed E-state index contributed by atoms with van der Waals surface area (Å²) in [4.78, 5) is 9.08. The van der Waals surface area contributed by atoms with Gasteiger partial charge >= 0.3 is 0 Å². The van der Waals surface area contributed by atoms with Crippen molar-refractivity contribution in [3.63, 3.8) is 0 Å². The topological polar surface area (TPSA) is 30.2 Å². The molecule has 0 saturated carbocycles.